The predicted molar refractivity (Wildman–Crippen MR) is 77.1 cm³/mol. The third-order valence-electron chi connectivity index (χ3n) is 3.01. The van der Waals surface area contributed by atoms with Gasteiger partial charge >= 0.3 is 0 Å². The number of rotatable bonds is 5. The third kappa shape index (κ3) is 3.20. The van der Waals surface area contributed by atoms with Crippen molar-refractivity contribution in [2.24, 2.45) is 0 Å². The second-order valence-electron chi connectivity index (χ2n) is 4.50. The smallest absolute Gasteiger partial charge is 0.137 e. The van der Waals surface area contributed by atoms with Crippen molar-refractivity contribution in [3.63, 3.8) is 0 Å². The van der Waals surface area contributed by atoms with Crippen molar-refractivity contribution in [1.82, 2.24) is 19.7 Å². The summed E-state index contributed by atoms with van der Waals surface area (Å²) in [4.78, 5) is 7.94. The van der Waals surface area contributed by atoms with Gasteiger partial charge in [-0.2, -0.15) is 5.10 Å². The second kappa shape index (κ2) is 5.97. The normalized spacial score (nSPS) is 10.4. The minimum absolute atomic E-state index is 0.741. The summed E-state index contributed by atoms with van der Waals surface area (Å²) >= 11 is 0. The summed E-state index contributed by atoms with van der Waals surface area (Å²) in [6.45, 7) is 1.54. The van der Waals surface area contributed by atoms with Crippen LogP contribution in [0.5, 0.6) is 0 Å². The molecule has 100 valence electrons. The highest BCUT2D eigenvalue weighted by Crippen LogP contribution is 2.11. The summed E-state index contributed by atoms with van der Waals surface area (Å²) in [5.74, 6) is 0. The van der Waals surface area contributed by atoms with Crippen LogP contribution in [0.3, 0.4) is 0 Å². The Balaban J connectivity index is 1.59. The first-order valence-corrected chi connectivity index (χ1v) is 6.44. The molecule has 1 aromatic carbocycles. The molecule has 0 unspecified atom stereocenters. The van der Waals surface area contributed by atoms with E-state index in [2.05, 4.69) is 44.6 Å². The number of benzene rings is 1. The molecule has 1 N–H and O–H groups in total. The minimum atomic E-state index is 0.741. The van der Waals surface area contributed by atoms with Gasteiger partial charge in [0.1, 0.15) is 12.7 Å². The zero-order chi connectivity index (χ0) is 13.6. The number of anilines is 1. The van der Waals surface area contributed by atoms with Crippen molar-refractivity contribution < 1.29 is 0 Å². The molecule has 0 radical (unpaired) electrons. The van der Waals surface area contributed by atoms with Gasteiger partial charge in [-0.05, 0) is 35.4 Å². The van der Waals surface area contributed by atoms with Crippen molar-refractivity contribution in [3.8, 4) is 0 Å². The van der Waals surface area contributed by atoms with Gasteiger partial charge in [-0.15, -0.1) is 0 Å². The quantitative estimate of drug-likeness (QED) is 0.769. The number of nitrogens with zero attached hydrogens (tertiary/aromatic N) is 4. The number of pyridine rings is 1. The van der Waals surface area contributed by atoms with E-state index in [9.17, 15) is 0 Å². The lowest BCUT2D eigenvalue weighted by Crippen LogP contribution is -2.01. The van der Waals surface area contributed by atoms with Crippen LogP contribution in [0.15, 0.2) is 61.4 Å². The van der Waals surface area contributed by atoms with Gasteiger partial charge in [0, 0.05) is 24.6 Å². The van der Waals surface area contributed by atoms with Gasteiger partial charge < -0.3 is 5.32 Å². The maximum Gasteiger partial charge on any atom is 0.137 e. The Morgan fingerprint density at radius 3 is 2.40 bits per heavy atom. The molecule has 0 saturated carbocycles. The number of aromatic nitrogens is 4. The molecular formula is C15H15N5. The van der Waals surface area contributed by atoms with E-state index in [1.807, 2.05) is 12.1 Å². The van der Waals surface area contributed by atoms with Crippen LogP contribution < -0.4 is 5.32 Å². The Labute approximate surface area is 117 Å². The molecule has 0 aliphatic heterocycles. The molecule has 0 aliphatic carbocycles. The summed E-state index contributed by atoms with van der Waals surface area (Å²) in [7, 11) is 0. The molecule has 0 amide bonds. The van der Waals surface area contributed by atoms with Gasteiger partial charge in [-0.25, -0.2) is 9.67 Å². The lowest BCUT2D eigenvalue weighted by molar-refractivity contribution is 0.685. The van der Waals surface area contributed by atoms with Crippen LogP contribution in [0, 0.1) is 0 Å². The van der Waals surface area contributed by atoms with E-state index in [0.29, 0.717) is 0 Å². The molecule has 3 rings (SSSR count). The highest BCUT2D eigenvalue weighted by Gasteiger charge is 1.97. The van der Waals surface area contributed by atoms with E-state index in [1.165, 1.54) is 11.1 Å². The van der Waals surface area contributed by atoms with Gasteiger partial charge in [0.05, 0.1) is 6.54 Å². The minimum Gasteiger partial charge on any atom is -0.381 e. The lowest BCUT2D eigenvalue weighted by Gasteiger charge is -2.07. The van der Waals surface area contributed by atoms with E-state index in [1.54, 1.807) is 29.7 Å². The first-order chi connectivity index (χ1) is 9.90. The SMILES string of the molecule is c1cc(CNc2ccc(Cn3cncn3)cc2)ccn1. The van der Waals surface area contributed by atoms with Crippen LogP contribution in [0.2, 0.25) is 0 Å². The fraction of sp³-hybridized carbons (Fsp3) is 0.133. The van der Waals surface area contributed by atoms with E-state index in [0.717, 1.165) is 18.8 Å². The van der Waals surface area contributed by atoms with Gasteiger partial charge in [-0.1, -0.05) is 12.1 Å². The fourth-order valence-electron chi connectivity index (χ4n) is 1.93. The highest BCUT2D eigenvalue weighted by atomic mass is 15.3. The van der Waals surface area contributed by atoms with Crippen molar-refractivity contribution in [2.45, 2.75) is 13.1 Å². The van der Waals surface area contributed by atoms with E-state index in [-0.39, 0.29) is 0 Å². The predicted octanol–water partition coefficient (Wildman–Crippen LogP) is 2.33. The van der Waals surface area contributed by atoms with E-state index >= 15 is 0 Å². The Hall–Kier alpha value is -2.69. The molecule has 2 aromatic heterocycles. The summed E-state index contributed by atoms with van der Waals surface area (Å²) in [5.41, 5.74) is 3.51. The van der Waals surface area contributed by atoms with Crippen LogP contribution in [0.4, 0.5) is 5.69 Å². The average Bonchev–Trinajstić information content (AvgIpc) is 3.01. The molecule has 0 atom stereocenters. The monoisotopic (exact) mass is 265 g/mol. The van der Waals surface area contributed by atoms with E-state index in [4.69, 9.17) is 0 Å². The zero-order valence-electron chi connectivity index (χ0n) is 11.0. The van der Waals surface area contributed by atoms with Crippen LogP contribution in [-0.2, 0) is 13.1 Å². The number of hydrogen-bond acceptors (Lipinski definition) is 4. The molecule has 0 saturated heterocycles. The van der Waals surface area contributed by atoms with Gasteiger partial charge in [0.2, 0.25) is 0 Å². The first kappa shape index (κ1) is 12.3. The second-order valence-corrected chi connectivity index (χ2v) is 4.50. The summed E-state index contributed by atoms with van der Waals surface area (Å²) in [6, 6.07) is 12.4. The Morgan fingerprint density at radius 2 is 1.70 bits per heavy atom. The van der Waals surface area contributed by atoms with Crippen molar-refractivity contribution >= 4 is 5.69 Å². The molecule has 3 aromatic rings. The number of hydrogen-bond donors (Lipinski definition) is 1. The van der Waals surface area contributed by atoms with Crippen LogP contribution in [0.25, 0.3) is 0 Å². The maximum absolute atomic E-state index is 4.09. The summed E-state index contributed by atoms with van der Waals surface area (Å²) in [5, 5.41) is 7.48. The Morgan fingerprint density at radius 1 is 0.900 bits per heavy atom. The fourth-order valence-corrected chi connectivity index (χ4v) is 1.93. The van der Waals surface area contributed by atoms with Gasteiger partial charge in [0.25, 0.3) is 0 Å². The van der Waals surface area contributed by atoms with Crippen molar-refractivity contribution in [1.29, 1.82) is 0 Å². The Bertz CT molecular complexity index is 632. The standard InChI is InChI=1S/C15H15N5/c1-3-15(18-9-13-5-7-16-8-6-13)4-2-14(1)10-20-12-17-11-19-20/h1-8,11-12,18H,9-10H2. The van der Waals surface area contributed by atoms with E-state index < -0.39 is 0 Å². The maximum atomic E-state index is 4.09. The molecule has 5 heteroatoms. The lowest BCUT2D eigenvalue weighted by atomic mass is 10.2. The highest BCUT2D eigenvalue weighted by molar-refractivity contribution is 5.45. The molecule has 0 fully saturated rings. The van der Waals surface area contributed by atoms with Gasteiger partial charge in [-0.3, -0.25) is 4.98 Å². The number of nitrogens with one attached hydrogen (secondary N) is 1. The molecule has 5 nitrogen and oxygen atoms in total. The molecule has 2 heterocycles. The average molecular weight is 265 g/mol. The third-order valence-corrected chi connectivity index (χ3v) is 3.01. The zero-order valence-corrected chi connectivity index (χ0v) is 11.0. The molecule has 20 heavy (non-hydrogen) atoms. The molecule has 0 spiro atoms. The molecule has 0 bridgehead atoms. The molecular weight excluding hydrogens is 250 g/mol. The van der Waals surface area contributed by atoms with Crippen LogP contribution in [0.1, 0.15) is 11.1 Å². The summed E-state index contributed by atoms with van der Waals surface area (Å²) < 4.78 is 1.80. The summed E-state index contributed by atoms with van der Waals surface area (Å²) in [6.07, 6.45) is 6.87. The van der Waals surface area contributed by atoms with Crippen molar-refractivity contribution in [3.05, 3.63) is 72.6 Å². The first-order valence-electron chi connectivity index (χ1n) is 6.44. The largest absolute Gasteiger partial charge is 0.381 e. The van der Waals surface area contributed by atoms with Crippen LogP contribution >= 0.6 is 0 Å². The van der Waals surface area contributed by atoms with Crippen molar-refractivity contribution in [2.75, 3.05) is 5.32 Å². The van der Waals surface area contributed by atoms with Gasteiger partial charge in [0.15, 0.2) is 0 Å². The Kier molecular flexibility index (Phi) is 3.68. The molecule has 0 aliphatic rings. The van der Waals surface area contributed by atoms with Crippen LogP contribution in [-0.4, -0.2) is 19.7 Å². The topological polar surface area (TPSA) is 55.6 Å².